The van der Waals surface area contributed by atoms with Crippen molar-refractivity contribution < 1.29 is 4.79 Å². The molecule has 1 saturated heterocycles. The summed E-state index contributed by atoms with van der Waals surface area (Å²) in [5.41, 5.74) is 3.07. The molecule has 1 fully saturated rings. The van der Waals surface area contributed by atoms with Gasteiger partial charge in [-0.15, -0.1) is 0 Å². The van der Waals surface area contributed by atoms with E-state index < -0.39 is 0 Å². The Bertz CT molecular complexity index is 859. The Labute approximate surface area is 167 Å². The first-order chi connectivity index (χ1) is 12.6. The van der Waals surface area contributed by atoms with Crippen molar-refractivity contribution in [3.05, 3.63) is 69.0 Å². The highest BCUT2D eigenvalue weighted by Gasteiger charge is 2.32. The van der Waals surface area contributed by atoms with Gasteiger partial charge in [-0.1, -0.05) is 59.1 Å². The van der Waals surface area contributed by atoms with Gasteiger partial charge in [0.1, 0.15) is 0 Å². The molecular formula is C21H21BrN2OS. The number of amides is 1. The minimum Gasteiger partial charge on any atom is -0.286 e. The molecule has 0 spiro atoms. The van der Waals surface area contributed by atoms with Crippen molar-refractivity contribution in [2.24, 2.45) is 4.99 Å². The van der Waals surface area contributed by atoms with Crippen LogP contribution in [0.3, 0.4) is 0 Å². The number of nitrogens with zero attached hydrogens (tertiary/aromatic N) is 2. The van der Waals surface area contributed by atoms with E-state index in [2.05, 4.69) is 29.8 Å². The van der Waals surface area contributed by atoms with Crippen LogP contribution in [-0.4, -0.2) is 22.5 Å². The van der Waals surface area contributed by atoms with Gasteiger partial charge in [-0.25, -0.2) is 4.99 Å². The third-order valence-electron chi connectivity index (χ3n) is 4.03. The fraction of sp³-hybridized carbons (Fsp3) is 0.238. The van der Waals surface area contributed by atoms with E-state index >= 15 is 0 Å². The quantitative estimate of drug-likeness (QED) is 0.533. The number of thioether (sulfide) groups is 1. The summed E-state index contributed by atoms with van der Waals surface area (Å²) in [5, 5.41) is 0.758. The topological polar surface area (TPSA) is 32.7 Å². The van der Waals surface area contributed by atoms with Gasteiger partial charge in [0, 0.05) is 11.0 Å². The molecule has 0 radical (unpaired) electrons. The number of carbonyl (C=O) groups is 1. The van der Waals surface area contributed by atoms with Crippen molar-refractivity contribution in [2.75, 3.05) is 6.54 Å². The zero-order valence-corrected chi connectivity index (χ0v) is 17.3. The van der Waals surface area contributed by atoms with Crippen LogP contribution in [-0.2, 0) is 4.79 Å². The zero-order valence-electron chi connectivity index (χ0n) is 14.9. The second-order valence-electron chi connectivity index (χ2n) is 6.21. The number of unbranched alkanes of at least 4 members (excludes halogenated alkanes) is 1. The van der Waals surface area contributed by atoms with Crippen molar-refractivity contribution in [3.8, 4) is 0 Å². The van der Waals surface area contributed by atoms with Crippen molar-refractivity contribution in [1.82, 2.24) is 4.90 Å². The Morgan fingerprint density at radius 3 is 2.65 bits per heavy atom. The van der Waals surface area contributed by atoms with Gasteiger partial charge < -0.3 is 0 Å². The maximum Gasteiger partial charge on any atom is 0.266 e. The zero-order chi connectivity index (χ0) is 18.5. The number of aliphatic imine (C=N–C) groups is 1. The number of halogens is 1. The van der Waals surface area contributed by atoms with Gasteiger partial charge in [0.05, 0.1) is 10.6 Å². The SMILES string of the molecule is CCCCN1C(=O)/C(=C\c2cccc(Br)c2)SC1=Nc1ccc(C)cc1. The van der Waals surface area contributed by atoms with Gasteiger partial charge in [-0.2, -0.15) is 0 Å². The molecule has 0 unspecified atom stereocenters. The maximum atomic E-state index is 12.9. The number of carbonyl (C=O) groups excluding carboxylic acids is 1. The van der Waals surface area contributed by atoms with Gasteiger partial charge in [0.15, 0.2) is 5.17 Å². The third-order valence-corrected chi connectivity index (χ3v) is 5.53. The van der Waals surface area contributed by atoms with Crippen LogP contribution in [0.1, 0.15) is 30.9 Å². The molecule has 3 rings (SSSR count). The Hall–Kier alpha value is -1.85. The number of aryl methyl sites for hydroxylation is 1. The van der Waals surface area contributed by atoms with Gasteiger partial charge >= 0.3 is 0 Å². The minimum absolute atomic E-state index is 0.0364. The van der Waals surface area contributed by atoms with Gasteiger partial charge in [0.2, 0.25) is 0 Å². The highest BCUT2D eigenvalue weighted by Crippen LogP contribution is 2.34. The summed E-state index contributed by atoms with van der Waals surface area (Å²) in [6.45, 7) is 4.88. The van der Waals surface area contributed by atoms with E-state index in [9.17, 15) is 4.79 Å². The molecule has 26 heavy (non-hydrogen) atoms. The average molecular weight is 429 g/mol. The molecule has 2 aromatic rings. The van der Waals surface area contributed by atoms with Crippen LogP contribution < -0.4 is 0 Å². The lowest BCUT2D eigenvalue weighted by atomic mass is 10.2. The Morgan fingerprint density at radius 1 is 1.19 bits per heavy atom. The molecule has 134 valence electrons. The Kier molecular flexibility index (Phi) is 6.33. The second kappa shape index (κ2) is 8.69. The summed E-state index contributed by atoms with van der Waals surface area (Å²) in [7, 11) is 0. The van der Waals surface area contributed by atoms with E-state index in [1.54, 1.807) is 4.90 Å². The second-order valence-corrected chi connectivity index (χ2v) is 8.13. The largest absolute Gasteiger partial charge is 0.286 e. The summed E-state index contributed by atoms with van der Waals surface area (Å²) in [6.07, 6.45) is 3.94. The van der Waals surface area contributed by atoms with Crippen LogP contribution in [0, 0.1) is 6.92 Å². The molecule has 1 aliphatic rings. The normalized spacial score (nSPS) is 17.5. The molecule has 3 nitrogen and oxygen atoms in total. The summed E-state index contributed by atoms with van der Waals surface area (Å²) < 4.78 is 0.999. The van der Waals surface area contributed by atoms with Crippen LogP contribution in [0.25, 0.3) is 6.08 Å². The van der Waals surface area contributed by atoms with Gasteiger partial charge in [0.25, 0.3) is 5.91 Å². The van der Waals surface area contributed by atoms with E-state index in [0.29, 0.717) is 11.4 Å². The minimum atomic E-state index is 0.0364. The lowest BCUT2D eigenvalue weighted by Crippen LogP contribution is -2.30. The van der Waals surface area contributed by atoms with Crippen LogP contribution in [0.4, 0.5) is 5.69 Å². The summed E-state index contributed by atoms with van der Waals surface area (Å²) in [5.74, 6) is 0.0364. The number of hydrogen-bond acceptors (Lipinski definition) is 3. The monoisotopic (exact) mass is 428 g/mol. The van der Waals surface area contributed by atoms with Crippen molar-refractivity contribution in [2.45, 2.75) is 26.7 Å². The summed E-state index contributed by atoms with van der Waals surface area (Å²) >= 11 is 4.93. The van der Waals surface area contributed by atoms with E-state index in [1.165, 1.54) is 17.3 Å². The number of hydrogen-bond donors (Lipinski definition) is 0. The van der Waals surface area contributed by atoms with Gasteiger partial charge in [-0.3, -0.25) is 9.69 Å². The van der Waals surface area contributed by atoms with Crippen LogP contribution in [0.2, 0.25) is 0 Å². The van der Waals surface area contributed by atoms with Crippen LogP contribution >= 0.6 is 27.7 Å². The molecule has 0 bridgehead atoms. The average Bonchev–Trinajstić information content (AvgIpc) is 2.90. The predicted octanol–water partition coefficient (Wildman–Crippen LogP) is 6.16. The number of amidine groups is 1. The van der Waals surface area contributed by atoms with E-state index in [0.717, 1.165) is 33.7 Å². The summed E-state index contributed by atoms with van der Waals surface area (Å²) in [6, 6.07) is 16.0. The Morgan fingerprint density at radius 2 is 1.96 bits per heavy atom. The standard InChI is InChI=1S/C21H21BrN2OS/c1-3-4-12-24-20(25)19(14-16-6-5-7-17(22)13-16)26-21(24)23-18-10-8-15(2)9-11-18/h5-11,13-14H,3-4,12H2,1-2H3/b19-14+,23-21?. The molecule has 2 aromatic carbocycles. The first-order valence-corrected chi connectivity index (χ1v) is 10.3. The van der Waals surface area contributed by atoms with E-state index in [-0.39, 0.29) is 5.91 Å². The molecule has 1 aliphatic heterocycles. The molecule has 5 heteroatoms. The van der Waals surface area contributed by atoms with Crippen molar-refractivity contribution >= 4 is 50.5 Å². The molecular weight excluding hydrogens is 408 g/mol. The van der Waals surface area contributed by atoms with E-state index in [1.807, 2.05) is 54.6 Å². The number of rotatable bonds is 5. The van der Waals surface area contributed by atoms with Crippen molar-refractivity contribution in [1.29, 1.82) is 0 Å². The maximum absolute atomic E-state index is 12.9. The highest BCUT2D eigenvalue weighted by atomic mass is 79.9. The van der Waals surface area contributed by atoms with E-state index in [4.69, 9.17) is 4.99 Å². The molecule has 1 amide bonds. The fourth-order valence-electron chi connectivity index (χ4n) is 2.58. The van der Waals surface area contributed by atoms with Crippen LogP contribution in [0.5, 0.6) is 0 Å². The predicted molar refractivity (Wildman–Crippen MR) is 115 cm³/mol. The van der Waals surface area contributed by atoms with Crippen LogP contribution in [0.15, 0.2) is 62.9 Å². The Balaban J connectivity index is 1.92. The lowest BCUT2D eigenvalue weighted by Gasteiger charge is -2.14. The molecule has 0 aromatic heterocycles. The van der Waals surface area contributed by atoms with Crippen molar-refractivity contribution in [3.63, 3.8) is 0 Å². The first kappa shape index (κ1) is 18.9. The third kappa shape index (κ3) is 4.65. The highest BCUT2D eigenvalue weighted by molar-refractivity contribution is 9.10. The molecule has 0 aliphatic carbocycles. The molecule has 0 atom stereocenters. The smallest absolute Gasteiger partial charge is 0.266 e. The lowest BCUT2D eigenvalue weighted by molar-refractivity contribution is -0.122. The summed E-state index contributed by atoms with van der Waals surface area (Å²) in [4.78, 5) is 20.1. The molecule has 0 saturated carbocycles. The molecule has 1 heterocycles. The number of benzene rings is 2. The van der Waals surface area contributed by atoms with Gasteiger partial charge in [-0.05, 0) is 61.0 Å². The molecule has 0 N–H and O–H groups in total. The fourth-order valence-corrected chi connectivity index (χ4v) is 4.02. The first-order valence-electron chi connectivity index (χ1n) is 8.69.